The normalized spacial score (nSPS) is 15.1. The maximum atomic E-state index is 10.4. The van der Waals surface area contributed by atoms with E-state index < -0.39 is 18.1 Å². The van der Waals surface area contributed by atoms with Crippen LogP contribution in [0.3, 0.4) is 0 Å². The molecule has 0 radical (unpaired) electrons. The van der Waals surface area contributed by atoms with Crippen LogP contribution in [0.25, 0.3) is 0 Å². The molecule has 5 heteroatoms. The van der Waals surface area contributed by atoms with Crippen molar-refractivity contribution in [3.8, 4) is 0 Å². The lowest BCUT2D eigenvalue weighted by atomic mass is 10.3. The number of carboxylic acid groups (broad SMARTS) is 1. The molecule has 0 rings (SSSR count). The third-order valence-electron chi connectivity index (χ3n) is 1.69. The summed E-state index contributed by atoms with van der Waals surface area (Å²) in [6.45, 7) is 4.61. The summed E-state index contributed by atoms with van der Waals surface area (Å²) >= 11 is 0. The summed E-state index contributed by atoms with van der Waals surface area (Å²) in [6, 6.07) is -0.643. The Hall–Kier alpha value is -0.650. The first-order valence-electron chi connectivity index (χ1n) is 4.80. The van der Waals surface area contributed by atoms with E-state index in [1.165, 1.54) is 6.92 Å². The molecule has 0 aliphatic rings. The zero-order chi connectivity index (χ0) is 11.0. The molecule has 0 heterocycles. The highest BCUT2D eigenvalue weighted by Gasteiger charge is 2.12. The lowest BCUT2D eigenvalue weighted by Crippen LogP contribution is -2.40. The predicted octanol–water partition coefficient (Wildman–Crippen LogP) is -0.163. The zero-order valence-corrected chi connectivity index (χ0v) is 8.69. The van der Waals surface area contributed by atoms with Crippen LogP contribution in [0, 0.1) is 0 Å². The number of carboxylic acids is 1. The van der Waals surface area contributed by atoms with Crippen LogP contribution >= 0.6 is 0 Å². The van der Waals surface area contributed by atoms with E-state index >= 15 is 0 Å². The minimum atomic E-state index is -0.924. The number of ether oxygens (including phenoxy) is 1. The van der Waals surface area contributed by atoms with Crippen molar-refractivity contribution in [2.45, 2.75) is 32.4 Å². The van der Waals surface area contributed by atoms with Crippen LogP contribution in [-0.2, 0) is 9.53 Å². The number of rotatable bonds is 8. The van der Waals surface area contributed by atoms with Crippen molar-refractivity contribution in [2.24, 2.45) is 0 Å². The third-order valence-corrected chi connectivity index (χ3v) is 1.69. The maximum Gasteiger partial charge on any atom is 0.320 e. The van der Waals surface area contributed by atoms with Gasteiger partial charge in [-0.3, -0.25) is 4.79 Å². The first-order chi connectivity index (χ1) is 6.57. The van der Waals surface area contributed by atoms with Crippen molar-refractivity contribution in [2.75, 3.05) is 19.8 Å². The number of aliphatic hydroxyl groups excluding tert-OH is 1. The molecular weight excluding hydrogens is 186 g/mol. The number of carbonyl (C=O) groups is 1. The van der Waals surface area contributed by atoms with E-state index in [1.54, 1.807) is 0 Å². The molecule has 0 aromatic heterocycles. The van der Waals surface area contributed by atoms with Crippen LogP contribution in [-0.4, -0.2) is 48.1 Å². The van der Waals surface area contributed by atoms with Gasteiger partial charge in [-0.15, -0.1) is 0 Å². The van der Waals surface area contributed by atoms with Gasteiger partial charge in [0.2, 0.25) is 0 Å². The molecule has 2 atom stereocenters. The highest BCUT2D eigenvalue weighted by molar-refractivity contribution is 5.72. The van der Waals surface area contributed by atoms with Gasteiger partial charge in [-0.25, -0.2) is 0 Å². The summed E-state index contributed by atoms with van der Waals surface area (Å²) in [6.07, 6.45) is 0.259. The number of aliphatic hydroxyl groups is 1. The van der Waals surface area contributed by atoms with Crippen molar-refractivity contribution in [1.82, 2.24) is 5.32 Å². The minimum Gasteiger partial charge on any atom is -0.480 e. The molecule has 2 unspecified atom stereocenters. The highest BCUT2D eigenvalue weighted by Crippen LogP contribution is 1.88. The van der Waals surface area contributed by atoms with Gasteiger partial charge in [0.05, 0.1) is 12.7 Å². The number of hydrogen-bond acceptors (Lipinski definition) is 4. The molecule has 84 valence electrons. The molecule has 0 fully saturated rings. The molecule has 0 bridgehead atoms. The fraction of sp³-hybridized carbons (Fsp3) is 0.889. The smallest absolute Gasteiger partial charge is 0.320 e. The second kappa shape index (κ2) is 7.73. The SMILES string of the molecule is CCCOCC(O)CNC(C)C(=O)O. The largest absolute Gasteiger partial charge is 0.480 e. The van der Waals surface area contributed by atoms with Crippen molar-refractivity contribution in [3.63, 3.8) is 0 Å². The van der Waals surface area contributed by atoms with Crippen LogP contribution in [0.5, 0.6) is 0 Å². The van der Waals surface area contributed by atoms with E-state index in [0.29, 0.717) is 6.61 Å². The second-order valence-corrected chi connectivity index (χ2v) is 3.20. The van der Waals surface area contributed by atoms with Crippen LogP contribution in [0.15, 0.2) is 0 Å². The second-order valence-electron chi connectivity index (χ2n) is 3.20. The Kier molecular flexibility index (Phi) is 7.37. The molecule has 5 nitrogen and oxygen atoms in total. The Labute approximate surface area is 84.1 Å². The lowest BCUT2D eigenvalue weighted by Gasteiger charge is -2.14. The van der Waals surface area contributed by atoms with Crippen LogP contribution in [0.1, 0.15) is 20.3 Å². The lowest BCUT2D eigenvalue weighted by molar-refractivity contribution is -0.139. The van der Waals surface area contributed by atoms with Gasteiger partial charge in [0.1, 0.15) is 6.04 Å². The van der Waals surface area contributed by atoms with Gasteiger partial charge in [0.15, 0.2) is 0 Å². The molecule has 0 saturated carbocycles. The fourth-order valence-electron chi connectivity index (χ4n) is 0.823. The summed E-state index contributed by atoms with van der Waals surface area (Å²) in [4.78, 5) is 10.4. The molecule has 0 aromatic rings. The Balaban J connectivity index is 3.43. The van der Waals surface area contributed by atoms with Gasteiger partial charge in [-0.05, 0) is 13.3 Å². The average Bonchev–Trinajstić information content (AvgIpc) is 2.14. The van der Waals surface area contributed by atoms with Crippen molar-refractivity contribution in [3.05, 3.63) is 0 Å². The molecule has 0 saturated heterocycles. The Morgan fingerprint density at radius 2 is 2.21 bits per heavy atom. The van der Waals surface area contributed by atoms with Gasteiger partial charge >= 0.3 is 5.97 Å². The van der Waals surface area contributed by atoms with Crippen molar-refractivity contribution < 1.29 is 19.7 Å². The molecular formula is C9H19NO4. The summed E-state index contributed by atoms with van der Waals surface area (Å²) in [5.41, 5.74) is 0. The molecule has 0 aromatic carbocycles. The summed E-state index contributed by atoms with van der Waals surface area (Å²) in [7, 11) is 0. The minimum absolute atomic E-state index is 0.233. The molecule has 0 aliphatic heterocycles. The van der Waals surface area contributed by atoms with E-state index in [0.717, 1.165) is 6.42 Å². The summed E-state index contributed by atoms with van der Waals surface area (Å²) < 4.78 is 5.10. The van der Waals surface area contributed by atoms with Crippen molar-refractivity contribution in [1.29, 1.82) is 0 Å². The average molecular weight is 205 g/mol. The Morgan fingerprint density at radius 1 is 1.57 bits per heavy atom. The molecule has 0 spiro atoms. The van der Waals surface area contributed by atoms with Crippen LogP contribution in [0.4, 0.5) is 0 Å². The van der Waals surface area contributed by atoms with E-state index in [4.69, 9.17) is 9.84 Å². The summed E-state index contributed by atoms with van der Waals surface area (Å²) in [5.74, 6) is -0.924. The first-order valence-corrected chi connectivity index (χ1v) is 4.80. The van der Waals surface area contributed by atoms with Gasteiger partial charge < -0.3 is 20.3 Å². The molecule has 0 aliphatic carbocycles. The predicted molar refractivity (Wildman–Crippen MR) is 52.2 cm³/mol. The number of nitrogens with one attached hydrogen (secondary N) is 1. The van der Waals surface area contributed by atoms with Gasteiger partial charge in [-0.1, -0.05) is 6.92 Å². The van der Waals surface area contributed by atoms with Gasteiger partial charge in [0, 0.05) is 13.2 Å². The topological polar surface area (TPSA) is 78.8 Å². The zero-order valence-electron chi connectivity index (χ0n) is 8.69. The molecule has 0 amide bonds. The third kappa shape index (κ3) is 6.82. The van der Waals surface area contributed by atoms with Gasteiger partial charge in [-0.2, -0.15) is 0 Å². The van der Waals surface area contributed by atoms with E-state index in [1.807, 2.05) is 6.92 Å². The van der Waals surface area contributed by atoms with E-state index in [9.17, 15) is 9.90 Å². The monoisotopic (exact) mass is 205 g/mol. The summed E-state index contributed by atoms with van der Waals surface area (Å²) in [5, 5.41) is 20.5. The highest BCUT2D eigenvalue weighted by atomic mass is 16.5. The standard InChI is InChI=1S/C9H19NO4/c1-3-4-14-6-8(11)5-10-7(2)9(12)13/h7-8,10-11H,3-6H2,1-2H3,(H,12,13). The maximum absolute atomic E-state index is 10.4. The Morgan fingerprint density at radius 3 is 2.71 bits per heavy atom. The first kappa shape index (κ1) is 13.4. The quantitative estimate of drug-likeness (QED) is 0.480. The molecule has 3 N–H and O–H groups in total. The Bertz CT molecular complexity index is 163. The van der Waals surface area contributed by atoms with Crippen LogP contribution < -0.4 is 5.32 Å². The number of hydrogen-bond donors (Lipinski definition) is 3. The van der Waals surface area contributed by atoms with E-state index in [2.05, 4.69) is 5.32 Å². The molecule has 14 heavy (non-hydrogen) atoms. The fourth-order valence-corrected chi connectivity index (χ4v) is 0.823. The number of aliphatic carboxylic acids is 1. The van der Waals surface area contributed by atoms with Gasteiger partial charge in [0.25, 0.3) is 0 Å². The van der Waals surface area contributed by atoms with Crippen LogP contribution in [0.2, 0.25) is 0 Å². The van der Waals surface area contributed by atoms with Crippen molar-refractivity contribution >= 4 is 5.97 Å². The van der Waals surface area contributed by atoms with E-state index in [-0.39, 0.29) is 13.2 Å².